The van der Waals surface area contributed by atoms with E-state index in [1.54, 1.807) is 0 Å². The second-order valence-electron chi connectivity index (χ2n) is 2.52. The summed E-state index contributed by atoms with van der Waals surface area (Å²) in [5.74, 6) is 0.659. The van der Waals surface area contributed by atoms with Crippen LogP contribution < -0.4 is 0 Å². The first-order valence-corrected chi connectivity index (χ1v) is 4.37. The van der Waals surface area contributed by atoms with E-state index in [4.69, 9.17) is 16.7 Å². The molecule has 15 heavy (non-hydrogen) atoms. The van der Waals surface area contributed by atoms with Gasteiger partial charge >= 0.3 is 5.97 Å². The highest BCUT2D eigenvalue weighted by atomic mass is 35.5. The highest BCUT2D eigenvalue weighted by molar-refractivity contribution is 6.19. The van der Waals surface area contributed by atoms with Crippen LogP contribution in [0.2, 0.25) is 0 Å². The summed E-state index contributed by atoms with van der Waals surface area (Å²) in [4.78, 5) is 10.5. The lowest BCUT2D eigenvalue weighted by Crippen LogP contribution is -2.06. The Hall–Kier alpha value is -1.60. The molecule has 0 heterocycles. The van der Waals surface area contributed by atoms with Gasteiger partial charge in [-0.25, -0.2) is 13.6 Å². The van der Waals surface area contributed by atoms with Crippen molar-refractivity contribution in [2.75, 3.05) is 5.88 Å². The molecular formula is C10H5ClF2O2. The van der Waals surface area contributed by atoms with Gasteiger partial charge in [0.25, 0.3) is 0 Å². The van der Waals surface area contributed by atoms with Crippen molar-refractivity contribution in [1.29, 1.82) is 0 Å². The molecule has 0 unspecified atom stereocenters. The summed E-state index contributed by atoms with van der Waals surface area (Å²) in [6.07, 6.45) is 0. The second-order valence-corrected chi connectivity index (χ2v) is 2.79. The number of carbonyl (C=O) groups is 1. The van der Waals surface area contributed by atoms with Gasteiger partial charge in [-0.05, 0) is 12.1 Å². The maximum Gasteiger partial charge on any atom is 0.341 e. The third-order valence-corrected chi connectivity index (χ3v) is 1.73. The summed E-state index contributed by atoms with van der Waals surface area (Å²) >= 11 is 5.25. The van der Waals surface area contributed by atoms with Crippen LogP contribution >= 0.6 is 11.6 Å². The van der Waals surface area contributed by atoms with Gasteiger partial charge in [-0.15, -0.1) is 11.6 Å². The van der Waals surface area contributed by atoms with Crippen LogP contribution in [0.1, 0.15) is 15.9 Å². The summed E-state index contributed by atoms with van der Waals surface area (Å²) in [5, 5.41) is 8.54. The van der Waals surface area contributed by atoms with Gasteiger partial charge in [-0.2, -0.15) is 0 Å². The van der Waals surface area contributed by atoms with Crippen molar-refractivity contribution < 1.29 is 18.7 Å². The fourth-order valence-electron chi connectivity index (χ4n) is 0.974. The molecule has 0 aromatic heterocycles. The van der Waals surface area contributed by atoms with Crippen molar-refractivity contribution in [1.82, 2.24) is 0 Å². The number of alkyl halides is 1. The van der Waals surface area contributed by atoms with Gasteiger partial charge in [0.15, 0.2) is 5.82 Å². The molecule has 0 spiro atoms. The Morgan fingerprint density at radius 2 is 2.13 bits per heavy atom. The Morgan fingerprint density at radius 3 is 2.67 bits per heavy atom. The lowest BCUT2D eigenvalue weighted by molar-refractivity contribution is 0.0686. The zero-order chi connectivity index (χ0) is 11.4. The quantitative estimate of drug-likeness (QED) is 0.594. The lowest BCUT2D eigenvalue weighted by atomic mass is 10.1. The van der Waals surface area contributed by atoms with Crippen LogP contribution in [0.3, 0.4) is 0 Å². The normalized spacial score (nSPS) is 9.27. The first kappa shape index (κ1) is 11.5. The Labute approximate surface area is 89.5 Å². The molecule has 0 radical (unpaired) electrons. The average Bonchev–Trinajstić information content (AvgIpc) is 2.16. The molecular weight excluding hydrogens is 226 g/mol. The zero-order valence-electron chi connectivity index (χ0n) is 7.35. The molecule has 0 amide bonds. The Balaban J connectivity index is 3.35. The van der Waals surface area contributed by atoms with Crippen LogP contribution in [0.15, 0.2) is 12.1 Å². The molecule has 1 rings (SSSR count). The van der Waals surface area contributed by atoms with E-state index in [2.05, 4.69) is 11.8 Å². The third-order valence-electron chi connectivity index (χ3n) is 1.59. The minimum absolute atomic E-state index is 0.0147. The molecule has 0 aliphatic heterocycles. The molecule has 0 bridgehead atoms. The topological polar surface area (TPSA) is 37.3 Å². The maximum atomic E-state index is 13.3. The predicted octanol–water partition coefficient (Wildman–Crippen LogP) is 2.25. The van der Waals surface area contributed by atoms with E-state index in [0.29, 0.717) is 0 Å². The molecule has 5 heteroatoms. The fourth-order valence-corrected chi connectivity index (χ4v) is 1.04. The van der Waals surface area contributed by atoms with E-state index in [0.717, 1.165) is 12.1 Å². The predicted molar refractivity (Wildman–Crippen MR) is 50.9 cm³/mol. The summed E-state index contributed by atoms with van der Waals surface area (Å²) in [5.41, 5.74) is -1.19. The van der Waals surface area contributed by atoms with Gasteiger partial charge in [-0.1, -0.05) is 11.8 Å². The standard InChI is InChI=1S/C10H5ClF2O2/c11-5-1-2-6-3-4-7(12)8(9(6)13)10(14)15/h3-4H,5H2,(H,14,15). The van der Waals surface area contributed by atoms with E-state index >= 15 is 0 Å². The van der Waals surface area contributed by atoms with Crippen molar-refractivity contribution in [2.24, 2.45) is 0 Å². The minimum Gasteiger partial charge on any atom is -0.477 e. The van der Waals surface area contributed by atoms with Gasteiger partial charge in [0.1, 0.15) is 11.4 Å². The van der Waals surface area contributed by atoms with Crippen LogP contribution in [-0.4, -0.2) is 17.0 Å². The molecule has 1 aromatic rings. The number of halogens is 3. The van der Waals surface area contributed by atoms with Crippen molar-refractivity contribution in [3.63, 3.8) is 0 Å². The summed E-state index contributed by atoms with van der Waals surface area (Å²) in [6.45, 7) is 0. The van der Waals surface area contributed by atoms with Crippen LogP contribution in [0, 0.1) is 23.5 Å². The van der Waals surface area contributed by atoms with Gasteiger partial charge < -0.3 is 5.11 Å². The van der Waals surface area contributed by atoms with Crippen molar-refractivity contribution in [3.8, 4) is 11.8 Å². The van der Waals surface area contributed by atoms with Gasteiger partial charge in [0, 0.05) is 0 Å². The van der Waals surface area contributed by atoms with Gasteiger partial charge in [-0.3, -0.25) is 0 Å². The SMILES string of the molecule is O=C(O)c1c(F)ccc(C#CCCl)c1F. The number of hydrogen-bond acceptors (Lipinski definition) is 1. The highest BCUT2D eigenvalue weighted by Crippen LogP contribution is 2.16. The maximum absolute atomic E-state index is 13.3. The smallest absolute Gasteiger partial charge is 0.341 e. The zero-order valence-corrected chi connectivity index (χ0v) is 8.11. The number of rotatable bonds is 1. The molecule has 0 aliphatic carbocycles. The Kier molecular flexibility index (Phi) is 3.64. The number of carboxylic acid groups (broad SMARTS) is 1. The molecule has 0 saturated carbocycles. The van der Waals surface area contributed by atoms with Crippen molar-refractivity contribution in [3.05, 3.63) is 34.9 Å². The van der Waals surface area contributed by atoms with E-state index in [1.807, 2.05) is 0 Å². The van der Waals surface area contributed by atoms with Crippen LogP contribution in [0.25, 0.3) is 0 Å². The van der Waals surface area contributed by atoms with Gasteiger partial charge in [0.05, 0.1) is 11.4 Å². The number of aromatic carboxylic acids is 1. The van der Waals surface area contributed by atoms with Crippen LogP contribution in [0.4, 0.5) is 8.78 Å². The lowest BCUT2D eigenvalue weighted by Gasteiger charge is -2.00. The van der Waals surface area contributed by atoms with Crippen LogP contribution in [0.5, 0.6) is 0 Å². The molecule has 0 fully saturated rings. The third kappa shape index (κ3) is 2.45. The number of benzene rings is 1. The van der Waals surface area contributed by atoms with Crippen LogP contribution in [-0.2, 0) is 0 Å². The van der Waals surface area contributed by atoms with Crippen molar-refractivity contribution >= 4 is 17.6 Å². The molecule has 78 valence electrons. The molecule has 2 nitrogen and oxygen atoms in total. The Morgan fingerprint density at radius 1 is 1.47 bits per heavy atom. The van der Waals surface area contributed by atoms with Crippen molar-refractivity contribution in [2.45, 2.75) is 0 Å². The van der Waals surface area contributed by atoms with E-state index in [9.17, 15) is 13.6 Å². The summed E-state index contributed by atoms with van der Waals surface area (Å²) in [7, 11) is 0. The fraction of sp³-hybridized carbons (Fsp3) is 0.100. The first-order chi connectivity index (χ1) is 7.07. The first-order valence-electron chi connectivity index (χ1n) is 3.84. The number of carboxylic acids is 1. The second kappa shape index (κ2) is 4.76. The Bertz CT molecular complexity index is 460. The van der Waals surface area contributed by atoms with Gasteiger partial charge in [0.2, 0.25) is 0 Å². The number of hydrogen-bond donors (Lipinski definition) is 1. The highest BCUT2D eigenvalue weighted by Gasteiger charge is 2.18. The van der Waals surface area contributed by atoms with E-state index in [-0.39, 0.29) is 11.4 Å². The average molecular weight is 231 g/mol. The molecule has 0 atom stereocenters. The monoisotopic (exact) mass is 230 g/mol. The summed E-state index contributed by atoms with van der Waals surface area (Å²) in [6, 6.07) is 1.92. The van der Waals surface area contributed by atoms with E-state index in [1.165, 1.54) is 0 Å². The minimum atomic E-state index is -1.67. The summed E-state index contributed by atoms with van der Waals surface area (Å²) < 4.78 is 26.2. The van der Waals surface area contributed by atoms with E-state index < -0.39 is 23.2 Å². The molecule has 1 aromatic carbocycles. The molecule has 0 aliphatic rings. The largest absolute Gasteiger partial charge is 0.477 e. The molecule has 0 saturated heterocycles. The molecule has 1 N–H and O–H groups in total.